The van der Waals surface area contributed by atoms with Gasteiger partial charge in [0.25, 0.3) is 5.91 Å². The topological polar surface area (TPSA) is 55.2 Å². The van der Waals surface area contributed by atoms with Crippen LogP contribution >= 0.6 is 11.6 Å². The number of rotatable bonds is 8. The number of nitrogens with zero attached hydrogens (tertiary/aromatic N) is 2. The zero-order chi connectivity index (χ0) is 22.3. The van der Waals surface area contributed by atoms with Gasteiger partial charge in [0.1, 0.15) is 23.9 Å². The van der Waals surface area contributed by atoms with Crippen LogP contribution in [0.25, 0.3) is 0 Å². The lowest BCUT2D eigenvalue weighted by molar-refractivity contribution is 0.0594. The zero-order valence-corrected chi connectivity index (χ0v) is 18.9. The van der Waals surface area contributed by atoms with Gasteiger partial charge >= 0.3 is 0 Å². The maximum atomic E-state index is 12.8. The summed E-state index contributed by atoms with van der Waals surface area (Å²) in [6.07, 6.45) is 0. The molecule has 1 aromatic heterocycles. The van der Waals surface area contributed by atoms with Gasteiger partial charge in [0, 0.05) is 37.7 Å². The number of carbonyl (C=O) groups excluding carboxylic acids is 1. The van der Waals surface area contributed by atoms with E-state index < -0.39 is 0 Å². The molecule has 1 saturated heterocycles. The Morgan fingerprint density at radius 1 is 0.938 bits per heavy atom. The third-order valence-corrected chi connectivity index (χ3v) is 5.77. The Balaban J connectivity index is 1.26. The molecular weight excluding hydrogens is 428 g/mol. The Labute approximate surface area is 193 Å². The lowest BCUT2D eigenvalue weighted by Gasteiger charge is -2.34. The summed E-state index contributed by atoms with van der Waals surface area (Å²) >= 11 is 6.27. The van der Waals surface area contributed by atoms with Gasteiger partial charge in [0.15, 0.2) is 5.76 Å². The maximum absolute atomic E-state index is 12.8. The van der Waals surface area contributed by atoms with Crippen molar-refractivity contribution in [2.45, 2.75) is 20.1 Å². The van der Waals surface area contributed by atoms with Crippen LogP contribution in [0.1, 0.15) is 28.8 Å². The van der Waals surface area contributed by atoms with Crippen LogP contribution in [0.5, 0.6) is 11.5 Å². The average molecular weight is 455 g/mol. The minimum atomic E-state index is -0.0882. The van der Waals surface area contributed by atoms with Crippen LogP contribution in [0, 0.1) is 0 Å². The number of benzene rings is 2. The van der Waals surface area contributed by atoms with Crippen LogP contribution in [0.3, 0.4) is 0 Å². The summed E-state index contributed by atoms with van der Waals surface area (Å²) in [4.78, 5) is 17.0. The van der Waals surface area contributed by atoms with Crippen molar-refractivity contribution < 1.29 is 18.7 Å². The van der Waals surface area contributed by atoms with Crippen molar-refractivity contribution >= 4 is 17.5 Å². The van der Waals surface area contributed by atoms with E-state index in [1.807, 2.05) is 60.4 Å². The maximum Gasteiger partial charge on any atom is 0.289 e. The van der Waals surface area contributed by atoms with E-state index in [2.05, 4.69) is 4.90 Å². The normalized spacial score (nSPS) is 14.4. The molecule has 0 aliphatic carbocycles. The predicted octanol–water partition coefficient (Wildman–Crippen LogP) is 4.87. The van der Waals surface area contributed by atoms with Crippen molar-refractivity contribution in [1.82, 2.24) is 9.80 Å². The molecule has 1 fully saturated rings. The summed E-state index contributed by atoms with van der Waals surface area (Å²) in [6.45, 7) is 6.52. The van der Waals surface area contributed by atoms with Crippen molar-refractivity contribution in [3.63, 3.8) is 0 Å². The Morgan fingerprint density at radius 2 is 1.62 bits per heavy atom. The number of piperazine rings is 1. The number of hydrogen-bond donors (Lipinski definition) is 0. The third-order valence-electron chi connectivity index (χ3n) is 5.40. The average Bonchev–Trinajstić information content (AvgIpc) is 3.29. The van der Waals surface area contributed by atoms with E-state index in [9.17, 15) is 4.79 Å². The summed E-state index contributed by atoms with van der Waals surface area (Å²) in [5, 5.41) is 0.779. The van der Waals surface area contributed by atoms with Crippen LogP contribution in [-0.2, 0) is 13.2 Å². The number of hydrogen-bond acceptors (Lipinski definition) is 5. The fraction of sp³-hybridized carbons (Fsp3) is 0.320. The molecule has 7 heteroatoms. The molecule has 1 aliphatic rings. The van der Waals surface area contributed by atoms with Crippen molar-refractivity contribution in [2.24, 2.45) is 0 Å². The first-order chi connectivity index (χ1) is 15.6. The number of furan rings is 1. The van der Waals surface area contributed by atoms with E-state index in [1.165, 1.54) is 0 Å². The zero-order valence-electron chi connectivity index (χ0n) is 18.1. The molecule has 4 rings (SSSR count). The number of halogens is 1. The first-order valence-corrected chi connectivity index (χ1v) is 11.2. The van der Waals surface area contributed by atoms with E-state index in [-0.39, 0.29) is 12.5 Å². The van der Waals surface area contributed by atoms with Gasteiger partial charge in [0.2, 0.25) is 0 Å². The molecule has 0 saturated carbocycles. The minimum absolute atomic E-state index is 0.0882. The fourth-order valence-corrected chi connectivity index (χ4v) is 3.85. The second-order valence-corrected chi connectivity index (χ2v) is 8.03. The van der Waals surface area contributed by atoms with Gasteiger partial charge in [0.05, 0.1) is 6.61 Å². The molecule has 2 aromatic carbocycles. The molecule has 0 unspecified atom stereocenters. The van der Waals surface area contributed by atoms with E-state index in [0.717, 1.165) is 36.0 Å². The van der Waals surface area contributed by atoms with Crippen LogP contribution in [0.15, 0.2) is 65.1 Å². The molecule has 2 heterocycles. The smallest absolute Gasteiger partial charge is 0.289 e. The Morgan fingerprint density at radius 3 is 2.31 bits per heavy atom. The molecule has 168 valence electrons. The second kappa shape index (κ2) is 10.6. The highest BCUT2D eigenvalue weighted by Gasteiger charge is 2.24. The highest BCUT2D eigenvalue weighted by atomic mass is 35.5. The first kappa shape index (κ1) is 22.2. The highest BCUT2D eigenvalue weighted by molar-refractivity contribution is 6.31. The lowest BCUT2D eigenvalue weighted by atomic mass is 10.2. The highest BCUT2D eigenvalue weighted by Crippen LogP contribution is 2.21. The van der Waals surface area contributed by atoms with Gasteiger partial charge in [-0.05, 0) is 55.0 Å². The summed E-state index contributed by atoms with van der Waals surface area (Å²) in [5.74, 6) is 2.38. The van der Waals surface area contributed by atoms with Gasteiger partial charge in [-0.25, -0.2) is 0 Å². The Bertz CT molecular complexity index is 1030. The van der Waals surface area contributed by atoms with E-state index in [0.29, 0.717) is 37.0 Å². The summed E-state index contributed by atoms with van der Waals surface area (Å²) in [6, 6.07) is 18.8. The summed E-state index contributed by atoms with van der Waals surface area (Å²) in [7, 11) is 0. The third kappa shape index (κ3) is 5.64. The largest absolute Gasteiger partial charge is 0.494 e. The first-order valence-electron chi connectivity index (χ1n) is 10.8. The van der Waals surface area contributed by atoms with Gasteiger partial charge in [-0.2, -0.15) is 0 Å². The summed E-state index contributed by atoms with van der Waals surface area (Å²) < 4.78 is 16.9. The molecular formula is C25H27ClN2O4. The standard InChI is InChI=1S/C25H27ClN2O4/c1-2-30-20-7-9-21(10-8-20)31-18-22-11-12-24(32-22)25(29)28-15-13-27(14-16-28)17-19-5-3-4-6-23(19)26/h3-12H,2,13-18H2,1H3. The second-order valence-electron chi connectivity index (χ2n) is 7.62. The molecule has 0 spiro atoms. The fourth-order valence-electron chi connectivity index (χ4n) is 3.66. The van der Waals surface area contributed by atoms with E-state index in [1.54, 1.807) is 12.1 Å². The van der Waals surface area contributed by atoms with Crippen LogP contribution < -0.4 is 9.47 Å². The quantitative estimate of drug-likeness (QED) is 0.486. The lowest BCUT2D eigenvalue weighted by Crippen LogP contribution is -2.48. The van der Waals surface area contributed by atoms with Crippen LogP contribution in [-0.4, -0.2) is 48.5 Å². The molecule has 6 nitrogen and oxygen atoms in total. The Hall–Kier alpha value is -2.96. The Kier molecular flexibility index (Phi) is 7.35. The molecule has 0 bridgehead atoms. The van der Waals surface area contributed by atoms with Crippen molar-refractivity contribution in [3.8, 4) is 11.5 Å². The van der Waals surface area contributed by atoms with Gasteiger partial charge in [-0.1, -0.05) is 29.8 Å². The SMILES string of the molecule is CCOc1ccc(OCc2ccc(C(=O)N3CCN(Cc4ccccc4Cl)CC3)o2)cc1. The van der Waals surface area contributed by atoms with E-state index in [4.69, 9.17) is 25.5 Å². The molecule has 0 N–H and O–H groups in total. The predicted molar refractivity (Wildman–Crippen MR) is 123 cm³/mol. The molecule has 3 aromatic rings. The number of ether oxygens (including phenoxy) is 2. The summed E-state index contributed by atoms with van der Waals surface area (Å²) in [5.41, 5.74) is 1.11. The van der Waals surface area contributed by atoms with Crippen molar-refractivity contribution in [3.05, 3.63) is 82.8 Å². The molecule has 1 aliphatic heterocycles. The van der Waals surface area contributed by atoms with E-state index >= 15 is 0 Å². The molecule has 0 radical (unpaired) electrons. The number of amides is 1. The molecule has 0 atom stereocenters. The molecule has 32 heavy (non-hydrogen) atoms. The monoisotopic (exact) mass is 454 g/mol. The minimum Gasteiger partial charge on any atom is -0.494 e. The number of carbonyl (C=O) groups is 1. The van der Waals surface area contributed by atoms with Crippen molar-refractivity contribution in [1.29, 1.82) is 0 Å². The van der Waals surface area contributed by atoms with Gasteiger partial charge in [-0.3, -0.25) is 9.69 Å². The van der Waals surface area contributed by atoms with Gasteiger partial charge < -0.3 is 18.8 Å². The van der Waals surface area contributed by atoms with Crippen LogP contribution in [0.2, 0.25) is 5.02 Å². The van der Waals surface area contributed by atoms with Crippen molar-refractivity contribution in [2.75, 3.05) is 32.8 Å². The van der Waals surface area contributed by atoms with Crippen LogP contribution in [0.4, 0.5) is 0 Å². The van der Waals surface area contributed by atoms with Gasteiger partial charge in [-0.15, -0.1) is 0 Å². The molecule has 1 amide bonds.